The minimum Gasteiger partial charge on any atom is -0.507 e. The van der Waals surface area contributed by atoms with Gasteiger partial charge in [-0.2, -0.15) is 0 Å². The Labute approximate surface area is 142 Å². The fraction of sp³-hybridized carbons (Fsp3) is 0.158. The van der Waals surface area contributed by atoms with Crippen molar-refractivity contribution in [1.29, 1.82) is 0 Å². The van der Waals surface area contributed by atoms with Crippen LogP contribution in [0.4, 0.5) is 10.1 Å². The van der Waals surface area contributed by atoms with Crippen LogP contribution in [0.3, 0.4) is 0 Å². The Morgan fingerprint density at radius 1 is 1.24 bits per heavy atom. The van der Waals surface area contributed by atoms with Gasteiger partial charge < -0.3 is 14.8 Å². The number of rotatable bonds is 3. The maximum absolute atomic E-state index is 13.2. The Morgan fingerprint density at radius 3 is 2.72 bits per heavy atom. The Bertz CT molecular complexity index is 1040. The second-order valence-electron chi connectivity index (χ2n) is 5.89. The fourth-order valence-electron chi connectivity index (χ4n) is 2.79. The fourth-order valence-corrected chi connectivity index (χ4v) is 2.79. The summed E-state index contributed by atoms with van der Waals surface area (Å²) in [6.07, 6.45) is -0.242. The van der Waals surface area contributed by atoms with E-state index in [1.807, 2.05) is 0 Å². The summed E-state index contributed by atoms with van der Waals surface area (Å²) in [6.45, 7) is 3.42. The molecule has 0 saturated carbocycles. The second kappa shape index (κ2) is 6.39. The molecule has 1 heterocycles. The number of nitrogens with one attached hydrogen (secondary N) is 1. The van der Waals surface area contributed by atoms with Gasteiger partial charge in [0.15, 0.2) is 0 Å². The first-order chi connectivity index (χ1) is 11.8. The number of phenols is 1. The van der Waals surface area contributed by atoms with Crippen molar-refractivity contribution in [3.05, 3.63) is 69.3 Å². The van der Waals surface area contributed by atoms with Crippen LogP contribution in [0.25, 0.3) is 11.0 Å². The van der Waals surface area contributed by atoms with Crippen molar-refractivity contribution in [2.45, 2.75) is 20.3 Å². The zero-order valence-corrected chi connectivity index (χ0v) is 13.7. The van der Waals surface area contributed by atoms with Gasteiger partial charge in [0.1, 0.15) is 17.1 Å². The van der Waals surface area contributed by atoms with Gasteiger partial charge in [-0.3, -0.25) is 4.79 Å². The van der Waals surface area contributed by atoms with Gasteiger partial charge in [-0.1, -0.05) is 6.07 Å². The molecule has 0 bridgehead atoms. The highest BCUT2D eigenvalue weighted by atomic mass is 19.1. The molecular weight excluding hydrogens is 325 g/mol. The smallest absolute Gasteiger partial charge is 0.340 e. The van der Waals surface area contributed by atoms with Crippen LogP contribution in [0.2, 0.25) is 0 Å². The first kappa shape index (κ1) is 16.7. The summed E-state index contributed by atoms with van der Waals surface area (Å²) >= 11 is 0. The van der Waals surface area contributed by atoms with Gasteiger partial charge in [-0.25, -0.2) is 9.18 Å². The van der Waals surface area contributed by atoms with Crippen molar-refractivity contribution >= 4 is 22.6 Å². The number of carbonyl (C=O) groups excluding carboxylic acids is 1. The van der Waals surface area contributed by atoms with Crippen LogP contribution in [0, 0.1) is 19.7 Å². The summed E-state index contributed by atoms with van der Waals surface area (Å²) in [4.78, 5) is 24.4. The van der Waals surface area contributed by atoms with Crippen LogP contribution < -0.4 is 10.9 Å². The van der Waals surface area contributed by atoms with Gasteiger partial charge in [0.05, 0.1) is 17.4 Å². The minimum atomic E-state index is -0.635. The number of aromatic hydroxyl groups is 1. The van der Waals surface area contributed by atoms with Crippen LogP contribution in [-0.4, -0.2) is 11.0 Å². The molecule has 0 atom stereocenters. The molecule has 6 heteroatoms. The maximum Gasteiger partial charge on any atom is 0.340 e. The number of amides is 1. The van der Waals surface area contributed by atoms with Gasteiger partial charge in [0.2, 0.25) is 5.91 Å². The molecular formula is C19H16FNO4. The number of carbonyl (C=O) groups is 1. The SMILES string of the molecule is Cc1cc(O)c2c(C)c(CC(=O)Nc3cccc(F)c3)c(=O)oc2c1. The number of benzene rings is 2. The summed E-state index contributed by atoms with van der Waals surface area (Å²) in [5, 5.41) is 13.1. The van der Waals surface area contributed by atoms with E-state index in [0.717, 1.165) is 5.56 Å². The summed E-state index contributed by atoms with van der Waals surface area (Å²) in [5.74, 6) is -0.963. The molecule has 3 rings (SSSR count). The van der Waals surface area contributed by atoms with Crippen molar-refractivity contribution in [1.82, 2.24) is 0 Å². The van der Waals surface area contributed by atoms with Crippen molar-refractivity contribution in [2.24, 2.45) is 0 Å². The van der Waals surface area contributed by atoms with Gasteiger partial charge in [-0.05, 0) is 55.3 Å². The lowest BCUT2D eigenvalue weighted by Crippen LogP contribution is -2.20. The summed E-state index contributed by atoms with van der Waals surface area (Å²) in [6, 6.07) is 8.68. The zero-order valence-electron chi connectivity index (χ0n) is 13.7. The molecule has 0 unspecified atom stereocenters. The molecule has 5 nitrogen and oxygen atoms in total. The lowest BCUT2D eigenvalue weighted by atomic mass is 10.0. The average Bonchev–Trinajstić information content (AvgIpc) is 2.50. The summed E-state index contributed by atoms with van der Waals surface area (Å²) < 4.78 is 18.4. The molecule has 2 aromatic carbocycles. The zero-order chi connectivity index (χ0) is 18.1. The van der Waals surface area contributed by atoms with E-state index < -0.39 is 17.3 Å². The highest BCUT2D eigenvalue weighted by molar-refractivity contribution is 5.94. The van der Waals surface area contributed by atoms with E-state index in [-0.39, 0.29) is 23.3 Å². The maximum atomic E-state index is 13.2. The quantitative estimate of drug-likeness (QED) is 0.715. The van der Waals surface area contributed by atoms with Crippen LogP contribution in [0.5, 0.6) is 5.75 Å². The van der Waals surface area contributed by atoms with E-state index in [4.69, 9.17) is 4.42 Å². The van der Waals surface area contributed by atoms with Gasteiger partial charge >= 0.3 is 5.63 Å². The molecule has 2 N–H and O–H groups in total. The number of hydrogen-bond donors (Lipinski definition) is 2. The van der Waals surface area contributed by atoms with E-state index in [0.29, 0.717) is 16.6 Å². The number of phenolic OH excluding ortho intramolecular Hbond substituents is 1. The molecule has 0 fully saturated rings. The predicted molar refractivity (Wildman–Crippen MR) is 92.4 cm³/mol. The third kappa shape index (κ3) is 3.38. The molecule has 0 aliphatic heterocycles. The highest BCUT2D eigenvalue weighted by Crippen LogP contribution is 2.30. The lowest BCUT2D eigenvalue weighted by molar-refractivity contribution is -0.115. The molecule has 1 aromatic heterocycles. The summed E-state index contributed by atoms with van der Waals surface area (Å²) in [5.41, 5.74) is 1.33. The molecule has 0 saturated heterocycles. The van der Waals surface area contributed by atoms with E-state index in [1.54, 1.807) is 32.0 Å². The molecule has 0 spiro atoms. The number of fused-ring (bicyclic) bond motifs is 1. The molecule has 0 radical (unpaired) electrons. The van der Waals surface area contributed by atoms with Gasteiger partial charge in [-0.15, -0.1) is 0 Å². The third-order valence-electron chi connectivity index (χ3n) is 3.95. The normalized spacial score (nSPS) is 10.8. The Morgan fingerprint density at radius 2 is 2.00 bits per heavy atom. The van der Waals surface area contributed by atoms with E-state index in [9.17, 15) is 19.1 Å². The van der Waals surface area contributed by atoms with Gasteiger partial charge in [0.25, 0.3) is 0 Å². The minimum absolute atomic E-state index is 0.0111. The molecule has 1 amide bonds. The van der Waals surface area contributed by atoms with E-state index >= 15 is 0 Å². The van der Waals surface area contributed by atoms with Crippen molar-refractivity contribution in [2.75, 3.05) is 5.32 Å². The monoisotopic (exact) mass is 341 g/mol. The van der Waals surface area contributed by atoms with Crippen molar-refractivity contribution < 1.29 is 18.7 Å². The predicted octanol–water partition coefficient (Wildman–Crippen LogP) is 3.44. The number of hydrogen-bond acceptors (Lipinski definition) is 4. The second-order valence-corrected chi connectivity index (χ2v) is 5.89. The molecule has 128 valence electrons. The largest absolute Gasteiger partial charge is 0.507 e. The van der Waals surface area contributed by atoms with E-state index in [2.05, 4.69) is 5.32 Å². The molecule has 0 aliphatic rings. The first-order valence-corrected chi connectivity index (χ1v) is 7.66. The number of anilines is 1. The number of aryl methyl sites for hydroxylation is 2. The van der Waals surface area contributed by atoms with Gasteiger partial charge in [0, 0.05) is 5.69 Å². The van der Waals surface area contributed by atoms with Crippen LogP contribution in [0.15, 0.2) is 45.6 Å². The standard InChI is InChI=1S/C19H16FNO4/c1-10-6-15(22)18-11(2)14(19(24)25-16(18)7-10)9-17(23)21-13-5-3-4-12(20)8-13/h3-8,22H,9H2,1-2H3,(H,21,23). The van der Waals surface area contributed by atoms with Crippen LogP contribution >= 0.6 is 0 Å². The Balaban J connectivity index is 1.96. The molecule has 0 aliphatic carbocycles. The molecule has 25 heavy (non-hydrogen) atoms. The number of halogens is 1. The van der Waals surface area contributed by atoms with Crippen molar-refractivity contribution in [3.8, 4) is 5.75 Å². The van der Waals surface area contributed by atoms with Crippen molar-refractivity contribution in [3.63, 3.8) is 0 Å². The third-order valence-corrected chi connectivity index (χ3v) is 3.95. The molecule has 3 aromatic rings. The first-order valence-electron chi connectivity index (χ1n) is 7.66. The average molecular weight is 341 g/mol. The van der Waals surface area contributed by atoms with E-state index in [1.165, 1.54) is 18.2 Å². The Kier molecular flexibility index (Phi) is 4.27. The Hall–Kier alpha value is -3.15. The van der Waals surface area contributed by atoms with Crippen LogP contribution in [0.1, 0.15) is 16.7 Å². The highest BCUT2D eigenvalue weighted by Gasteiger charge is 2.17. The lowest BCUT2D eigenvalue weighted by Gasteiger charge is -2.10. The van der Waals surface area contributed by atoms with Crippen LogP contribution in [-0.2, 0) is 11.2 Å². The summed E-state index contributed by atoms with van der Waals surface area (Å²) in [7, 11) is 0. The topological polar surface area (TPSA) is 79.5 Å².